The van der Waals surface area contributed by atoms with Gasteiger partial charge in [0.2, 0.25) is 5.91 Å². The van der Waals surface area contributed by atoms with E-state index in [0.29, 0.717) is 0 Å². The second-order valence-electron chi connectivity index (χ2n) is 4.60. The molecule has 0 spiro atoms. The van der Waals surface area contributed by atoms with Crippen LogP contribution in [0.2, 0.25) is 0 Å². The Hall–Kier alpha value is -1.89. The number of thioether (sulfide) groups is 1. The van der Waals surface area contributed by atoms with Crippen LogP contribution in [0, 0.1) is 5.82 Å². The summed E-state index contributed by atoms with van der Waals surface area (Å²) < 4.78 is 18.5. The SMILES string of the molecule is COC(=O)c1ccc(F)c(N2CC(SC(C)=O)CC2=O)c1. The molecule has 0 saturated carbocycles. The lowest BCUT2D eigenvalue weighted by Crippen LogP contribution is -2.26. The maximum Gasteiger partial charge on any atom is 0.337 e. The quantitative estimate of drug-likeness (QED) is 0.799. The largest absolute Gasteiger partial charge is 0.465 e. The molecule has 1 aliphatic heterocycles. The number of hydrogen-bond donors (Lipinski definition) is 0. The minimum Gasteiger partial charge on any atom is -0.465 e. The third kappa shape index (κ3) is 3.41. The molecule has 21 heavy (non-hydrogen) atoms. The van der Waals surface area contributed by atoms with E-state index in [1.54, 1.807) is 0 Å². The lowest BCUT2D eigenvalue weighted by atomic mass is 10.2. The summed E-state index contributed by atoms with van der Waals surface area (Å²) in [5.74, 6) is -1.46. The Morgan fingerprint density at radius 3 is 2.76 bits per heavy atom. The topological polar surface area (TPSA) is 63.7 Å². The Morgan fingerprint density at radius 2 is 2.14 bits per heavy atom. The highest BCUT2D eigenvalue weighted by Crippen LogP contribution is 2.31. The summed E-state index contributed by atoms with van der Waals surface area (Å²) in [7, 11) is 1.23. The fourth-order valence-corrected chi connectivity index (χ4v) is 3.10. The first-order valence-electron chi connectivity index (χ1n) is 6.28. The molecule has 1 saturated heterocycles. The molecule has 112 valence electrons. The van der Waals surface area contributed by atoms with Crippen LogP contribution in [-0.2, 0) is 14.3 Å². The van der Waals surface area contributed by atoms with Gasteiger partial charge in [0.25, 0.3) is 0 Å². The Balaban J connectivity index is 2.27. The molecule has 0 radical (unpaired) electrons. The van der Waals surface area contributed by atoms with Gasteiger partial charge in [-0.15, -0.1) is 0 Å². The Morgan fingerprint density at radius 1 is 1.43 bits per heavy atom. The molecule has 1 heterocycles. The van der Waals surface area contributed by atoms with Gasteiger partial charge in [-0.05, 0) is 18.2 Å². The molecule has 1 amide bonds. The van der Waals surface area contributed by atoms with E-state index < -0.39 is 11.8 Å². The number of anilines is 1. The van der Waals surface area contributed by atoms with Crippen LogP contribution in [0.4, 0.5) is 10.1 Å². The highest BCUT2D eigenvalue weighted by Gasteiger charge is 2.33. The average Bonchev–Trinajstić information content (AvgIpc) is 2.78. The fourth-order valence-electron chi connectivity index (χ4n) is 2.19. The highest BCUT2D eigenvalue weighted by atomic mass is 32.2. The molecular formula is C14H14FNO4S. The number of carbonyl (C=O) groups excluding carboxylic acids is 3. The van der Waals surface area contributed by atoms with Crippen molar-refractivity contribution in [3.05, 3.63) is 29.6 Å². The summed E-state index contributed by atoms with van der Waals surface area (Å²) in [6.45, 7) is 1.67. The molecule has 1 fully saturated rings. The van der Waals surface area contributed by atoms with E-state index in [1.807, 2.05) is 0 Å². The van der Waals surface area contributed by atoms with Crippen LogP contribution in [-0.4, -0.2) is 35.9 Å². The Bertz CT molecular complexity index is 605. The summed E-state index contributed by atoms with van der Waals surface area (Å²) in [6.07, 6.45) is 0.173. The van der Waals surface area contributed by atoms with Crippen molar-refractivity contribution in [2.24, 2.45) is 0 Å². The second kappa shape index (κ2) is 6.26. The lowest BCUT2D eigenvalue weighted by molar-refractivity contribution is -0.117. The smallest absolute Gasteiger partial charge is 0.337 e. The van der Waals surface area contributed by atoms with E-state index in [-0.39, 0.29) is 40.5 Å². The zero-order chi connectivity index (χ0) is 15.6. The molecule has 1 aliphatic rings. The number of methoxy groups -OCH3 is 1. The van der Waals surface area contributed by atoms with Crippen LogP contribution in [0.5, 0.6) is 0 Å². The Kier molecular flexibility index (Phi) is 4.62. The van der Waals surface area contributed by atoms with Gasteiger partial charge in [0.05, 0.1) is 18.4 Å². The zero-order valence-electron chi connectivity index (χ0n) is 11.6. The van der Waals surface area contributed by atoms with E-state index in [0.717, 1.165) is 17.8 Å². The van der Waals surface area contributed by atoms with Crippen molar-refractivity contribution >= 4 is 34.4 Å². The van der Waals surface area contributed by atoms with Crippen LogP contribution in [0.25, 0.3) is 0 Å². The van der Waals surface area contributed by atoms with Gasteiger partial charge in [-0.3, -0.25) is 9.59 Å². The molecule has 1 atom stereocenters. The molecule has 1 aromatic rings. The number of hydrogen-bond acceptors (Lipinski definition) is 5. The highest BCUT2D eigenvalue weighted by molar-refractivity contribution is 8.14. The second-order valence-corrected chi connectivity index (χ2v) is 6.07. The van der Waals surface area contributed by atoms with Crippen molar-refractivity contribution in [2.75, 3.05) is 18.6 Å². The number of benzene rings is 1. The number of nitrogens with zero attached hydrogens (tertiary/aromatic N) is 1. The van der Waals surface area contributed by atoms with Crippen molar-refractivity contribution in [3.8, 4) is 0 Å². The third-order valence-electron chi connectivity index (χ3n) is 3.08. The minimum atomic E-state index is -0.599. The third-order valence-corrected chi connectivity index (χ3v) is 4.06. The first-order chi connectivity index (χ1) is 9.92. The molecule has 0 bridgehead atoms. The first kappa shape index (κ1) is 15.5. The number of carbonyl (C=O) groups is 3. The monoisotopic (exact) mass is 311 g/mol. The normalized spacial score (nSPS) is 18.0. The molecular weight excluding hydrogens is 297 g/mol. The summed E-state index contributed by atoms with van der Waals surface area (Å²) >= 11 is 1.07. The molecule has 0 N–H and O–H groups in total. The van der Waals surface area contributed by atoms with Crippen molar-refractivity contribution in [1.29, 1.82) is 0 Å². The van der Waals surface area contributed by atoms with E-state index >= 15 is 0 Å². The lowest BCUT2D eigenvalue weighted by Gasteiger charge is -2.18. The van der Waals surface area contributed by atoms with Crippen LogP contribution in [0.3, 0.4) is 0 Å². The van der Waals surface area contributed by atoms with Gasteiger partial charge < -0.3 is 9.64 Å². The van der Waals surface area contributed by atoms with Gasteiger partial charge in [0, 0.05) is 25.1 Å². The molecule has 1 unspecified atom stereocenters. The maximum atomic E-state index is 13.9. The van der Waals surface area contributed by atoms with Crippen LogP contribution in [0.1, 0.15) is 23.7 Å². The summed E-state index contributed by atoms with van der Waals surface area (Å²) in [5, 5.41) is -0.283. The van der Waals surface area contributed by atoms with Crippen LogP contribution in [0.15, 0.2) is 18.2 Å². The molecule has 5 nitrogen and oxygen atoms in total. The minimum absolute atomic E-state index is 0.0366. The van der Waals surface area contributed by atoms with Crippen LogP contribution >= 0.6 is 11.8 Å². The average molecular weight is 311 g/mol. The standard InChI is InChI=1S/C14H14FNO4S/c1-8(17)21-10-6-13(18)16(7-10)12-5-9(14(19)20-2)3-4-11(12)15/h3-5,10H,6-7H2,1-2H3. The van der Waals surface area contributed by atoms with Crippen molar-refractivity contribution in [3.63, 3.8) is 0 Å². The number of esters is 1. The summed E-state index contributed by atoms with van der Waals surface area (Å²) in [4.78, 5) is 35.8. The fraction of sp³-hybridized carbons (Fsp3) is 0.357. The van der Waals surface area contributed by atoms with E-state index in [9.17, 15) is 18.8 Å². The zero-order valence-corrected chi connectivity index (χ0v) is 12.4. The van der Waals surface area contributed by atoms with Crippen molar-refractivity contribution in [1.82, 2.24) is 0 Å². The molecule has 0 aliphatic carbocycles. The van der Waals surface area contributed by atoms with Gasteiger partial charge >= 0.3 is 5.97 Å². The van der Waals surface area contributed by atoms with Crippen molar-refractivity contribution < 1.29 is 23.5 Å². The molecule has 2 rings (SSSR count). The van der Waals surface area contributed by atoms with E-state index in [1.165, 1.54) is 31.1 Å². The first-order valence-corrected chi connectivity index (χ1v) is 7.15. The summed E-state index contributed by atoms with van der Waals surface area (Å²) in [5.41, 5.74) is 0.207. The molecule has 7 heteroatoms. The van der Waals surface area contributed by atoms with Gasteiger partial charge in [-0.2, -0.15) is 0 Å². The van der Waals surface area contributed by atoms with Gasteiger partial charge in [-0.1, -0.05) is 11.8 Å². The van der Waals surface area contributed by atoms with E-state index in [2.05, 4.69) is 4.74 Å². The molecule has 0 aromatic heterocycles. The van der Waals surface area contributed by atoms with Gasteiger partial charge in [0.1, 0.15) is 5.82 Å². The van der Waals surface area contributed by atoms with Crippen LogP contribution < -0.4 is 4.90 Å². The van der Waals surface area contributed by atoms with E-state index in [4.69, 9.17) is 0 Å². The Labute approximate surface area is 125 Å². The van der Waals surface area contributed by atoms with Gasteiger partial charge in [-0.25, -0.2) is 9.18 Å². The maximum absolute atomic E-state index is 13.9. The molecule has 1 aromatic carbocycles. The predicted molar refractivity (Wildman–Crippen MR) is 76.8 cm³/mol. The van der Waals surface area contributed by atoms with Crippen molar-refractivity contribution in [2.45, 2.75) is 18.6 Å². The van der Waals surface area contributed by atoms with Gasteiger partial charge in [0.15, 0.2) is 5.12 Å². The number of rotatable bonds is 3. The number of halogens is 1. The predicted octanol–water partition coefficient (Wildman–Crippen LogP) is 2.00. The summed E-state index contributed by atoms with van der Waals surface area (Å²) in [6, 6.07) is 3.72. The number of ether oxygens (including phenoxy) is 1. The number of amides is 1.